The van der Waals surface area contributed by atoms with Gasteiger partial charge in [-0.2, -0.15) is 0 Å². The lowest BCUT2D eigenvalue weighted by atomic mass is 9.78. The van der Waals surface area contributed by atoms with Gasteiger partial charge in [-0.1, -0.05) is 38.1 Å². The van der Waals surface area contributed by atoms with Crippen molar-refractivity contribution < 1.29 is 18.9 Å². The zero-order valence-corrected chi connectivity index (χ0v) is 23.1. The quantitative estimate of drug-likeness (QED) is 0.196. The van der Waals surface area contributed by atoms with E-state index in [2.05, 4.69) is 38.1 Å². The summed E-state index contributed by atoms with van der Waals surface area (Å²) in [6, 6.07) is 31.2. The Morgan fingerprint density at radius 3 is 1.15 bits per heavy atom. The molecule has 0 heterocycles. The van der Waals surface area contributed by atoms with Crippen molar-refractivity contribution in [2.75, 3.05) is 24.7 Å². The molecule has 0 saturated heterocycles. The highest BCUT2D eigenvalue weighted by atomic mass is 16.5. The van der Waals surface area contributed by atoms with Crippen molar-refractivity contribution in [1.82, 2.24) is 0 Å². The largest absolute Gasteiger partial charge is 0.490 e. The highest BCUT2D eigenvalue weighted by molar-refractivity contribution is 5.43. The van der Waals surface area contributed by atoms with Crippen LogP contribution in [0.3, 0.4) is 0 Å². The van der Waals surface area contributed by atoms with Gasteiger partial charge in [-0.15, -0.1) is 0 Å². The molecule has 0 amide bonds. The van der Waals surface area contributed by atoms with Crippen molar-refractivity contribution in [3.8, 4) is 23.0 Å². The molecule has 0 aliphatic carbocycles. The minimum atomic E-state index is -0.186. The van der Waals surface area contributed by atoms with Gasteiger partial charge >= 0.3 is 0 Å². The second-order valence-corrected chi connectivity index (χ2v) is 10.3. The number of nitrogens with two attached hydrogens (primary N) is 2. The van der Waals surface area contributed by atoms with Gasteiger partial charge in [0.1, 0.15) is 48.4 Å². The molecule has 0 aliphatic rings. The average Bonchev–Trinajstić information content (AvgIpc) is 2.94. The highest BCUT2D eigenvalue weighted by Gasteiger charge is 2.23. The zero-order valence-electron chi connectivity index (χ0n) is 23.1. The summed E-state index contributed by atoms with van der Waals surface area (Å²) in [5, 5.41) is 0. The SMILES string of the molecule is CC(COc1ccc(C(C)(C)c2ccc(OCC(C)Oc3ccc(N)cc3)cc2)cc1)Oc1ccc(N)cc1. The molecule has 0 aromatic heterocycles. The summed E-state index contributed by atoms with van der Waals surface area (Å²) in [7, 11) is 0. The molecule has 0 radical (unpaired) electrons. The second kappa shape index (κ2) is 12.5. The summed E-state index contributed by atoms with van der Waals surface area (Å²) in [5.74, 6) is 3.16. The van der Waals surface area contributed by atoms with Gasteiger partial charge in [0.15, 0.2) is 0 Å². The minimum Gasteiger partial charge on any atom is -0.490 e. The molecular weight excluding hydrogens is 488 g/mol. The molecule has 0 spiro atoms. The van der Waals surface area contributed by atoms with Crippen LogP contribution in [0.5, 0.6) is 23.0 Å². The molecule has 2 unspecified atom stereocenters. The minimum absolute atomic E-state index is 0.0993. The summed E-state index contributed by atoms with van der Waals surface area (Å²) >= 11 is 0. The van der Waals surface area contributed by atoms with Crippen LogP contribution in [-0.4, -0.2) is 25.4 Å². The lowest BCUT2D eigenvalue weighted by Crippen LogP contribution is -2.22. The predicted octanol–water partition coefficient (Wildman–Crippen LogP) is 6.87. The molecule has 204 valence electrons. The molecule has 6 nitrogen and oxygen atoms in total. The van der Waals surface area contributed by atoms with Crippen molar-refractivity contribution in [2.45, 2.75) is 45.3 Å². The zero-order chi connectivity index (χ0) is 27.8. The van der Waals surface area contributed by atoms with E-state index in [9.17, 15) is 0 Å². The van der Waals surface area contributed by atoms with E-state index in [1.54, 1.807) is 0 Å². The maximum absolute atomic E-state index is 5.96. The van der Waals surface area contributed by atoms with Crippen LogP contribution < -0.4 is 30.4 Å². The molecular formula is C33H38N2O4. The van der Waals surface area contributed by atoms with Crippen LogP contribution in [0.1, 0.15) is 38.8 Å². The molecule has 4 aromatic carbocycles. The number of benzene rings is 4. The van der Waals surface area contributed by atoms with Gasteiger partial charge in [0.2, 0.25) is 0 Å². The van der Waals surface area contributed by atoms with Crippen molar-refractivity contribution >= 4 is 11.4 Å². The molecule has 0 bridgehead atoms. The highest BCUT2D eigenvalue weighted by Crippen LogP contribution is 2.33. The maximum atomic E-state index is 5.96. The Hall–Kier alpha value is -4.32. The van der Waals surface area contributed by atoms with Crippen LogP contribution in [0.2, 0.25) is 0 Å². The fourth-order valence-corrected chi connectivity index (χ4v) is 4.15. The van der Waals surface area contributed by atoms with E-state index in [4.69, 9.17) is 30.4 Å². The fourth-order valence-electron chi connectivity index (χ4n) is 4.15. The van der Waals surface area contributed by atoms with Gasteiger partial charge in [0.05, 0.1) is 0 Å². The summed E-state index contributed by atoms with van der Waals surface area (Å²) in [4.78, 5) is 0. The van der Waals surface area contributed by atoms with Gasteiger partial charge < -0.3 is 30.4 Å². The first-order valence-corrected chi connectivity index (χ1v) is 13.2. The van der Waals surface area contributed by atoms with Crippen LogP contribution in [0.15, 0.2) is 97.1 Å². The third kappa shape index (κ3) is 7.84. The van der Waals surface area contributed by atoms with Gasteiger partial charge in [0.25, 0.3) is 0 Å². The molecule has 6 heteroatoms. The third-order valence-corrected chi connectivity index (χ3v) is 6.56. The number of hydrogen-bond acceptors (Lipinski definition) is 6. The van der Waals surface area contributed by atoms with Gasteiger partial charge in [-0.05, 0) is 97.8 Å². The number of anilines is 2. The lowest BCUT2D eigenvalue weighted by molar-refractivity contribution is 0.143. The van der Waals surface area contributed by atoms with Crippen molar-refractivity contribution in [3.05, 3.63) is 108 Å². The van der Waals surface area contributed by atoms with E-state index in [-0.39, 0.29) is 17.6 Å². The standard InChI is InChI=1S/C33H38N2O4/c1-23(38-31-17-9-27(34)10-18-31)21-36-29-13-5-25(6-14-29)33(3,4)26-7-15-30(16-8-26)37-22-24(2)39-32-19-11-28(35)12-20-32/h5-20,23-24H,21-22,34-35H2,1-4H3. The molecule has 39 heavy (non-hydrogen) atoms. The van der Waals surface area contributed by atoms with E-state index in [1.807, 2.05) is 86.6 Å². The number of nitrogen functional groups attached to an aromatic ring is 2. The van der Waals surface area contributed by atoms with E-state index in [0.717, 1.165) is 23.0 Å². The van der Waals surface area contributed by atoms with Crippen molar-refractivity contribution in [1.29, 1.82) is 0 Å². The summed E-state index contributed by atoms with van der Waals surface area (Å²) < 4.78 is 23.7. The Kier molecular flexibility index (Phi) is 8.87. The summed E-state index contributed by atoms with van der Waals surface area (Å²) in [5.41, 5.74) is 15.1. The first-order valence-electron chi connectivity index (χ1n) is 13.2. The van der Waals surface area contributed by atoms with Crippen LogP contribution >= 0.6 is 0 Å². The number of ether oxygens (including phenoxy) is 4. The van der Waals surface area contributed by atoms with E-state index in [0.29, 0.717) is 24.6 Å². The normalized spacial score (nSPS) is 12.8. The first kappa shape index (κ1) is 27.7. The first-order chi connectivity index (χ1) is 18.7. The van der Waals surface area contributed by atoms with Gasteiger partial charge in [0, 0.05) is 16.8 Å². The summed E-state index contributed by atoms with van der Waals surface area (Å²) in [6.45, 7) is 9.27. The molecule has 4 N–H and O–H groups in total. The second-order valence-electron chi connectivity index (χ2n) is 10.3. The fraction of sp³-hybridized carbons (Fsp3) is 0.273. The molecule has 0 saturated carbocycles. The van der Waals surface area contributed by atoms with E-state index >= 15 is 0 Å². The Bertz CT molecular complexity index is 1200. The van der Waals surface area contributed by atoms with Crippen LogP contribution in [-0.2, 0) is 5.41 Å². The Balaban J connectivity index is 1.27. The maximum Gasteiger partial charge on any atom is 0.130 e. The molecule has 0 fully saturated rings. The number of hydrogen-bond donors (Lipinski definition) is 2. The Labute approximate surface area is 231 Å². The smallest absolute Gasteiger partial charge is 0.130 e. The molecule has 4 aromatic rings. The van der Waals surface area contributed by atoms with Crippen LogP contribution in [0.25, 0.3) is 0 Å². The Morgan fingerprint density at radius 1 is 0.513 bits per heavy atom. The van der Waals surface area contributed by atoms with Crippen LogP contribution in [0.4, 0.5) is 11.4 Å². The third-order valence-electron chi connectivity index (χ3n) is 6.56. The van der Waals surface area contributed by atoms with E-state index < -0.39 is 0 Å². The monoisotopic (exact) mass is 526 g/mol. The topological polar surface area (TPSA) is 89.0 Å². The molecule has 4 rings (SSSR count). The number of rotatable bonds is 12. The molecule has 0 aliphatic heterocycles. The average molecular weight is 527 g/mol. The predicted molar refractivity (Wildman–Crippen MR) is 158 cm³/mol. The van der Waals surface area contributed by atoms with Gasteiger partial charge in [-0.3, -0.25) is 0 Å². The van der Waals surface area contributed by atoms with Gasteiger partial charge in [-0.25, -0.2) is 0 Å². The van der Waals surface area contributed by atoms with Crippen LogP contribution in [0, 0.1) is 0 Å². The Morgan fingerprint density at radius 2 is 0.821 bits per heavy atom. The summed E-state index contributed by atoms with van der Waals surface area (Å²) in [6.07, 6.45) is -0.199. The van der Waals surface area contributed by atoms with E-state index in [1.165, 1.54) is 11.1 Å². The lowest BCUT2D eigenvalue weighted by Gasteiger charge is -2.26. The van der Waals surface area contributed by atoms with Crippen molar-refractivity contribution in [3.63, 3.8) is 0 Å². The van der Waals surface area contributed by atoms with Crippen molar-refractivity contribution in [2.24, 2.45) is 0 Å². The molecule has 2 atom stereocenters.